The molecule has 0 spiro atoms. The van der Waals surface area contributed by atoms with Crippen LogP contribution in [0.2, 0.25) is 0 Å². The van der Waals surface area contributed by atoms with E-state index in [1.165, 1.54) is 24.3 Å². The van der Waals surface area contributed by atoms with Crippen LogP contribution in [-0.2, 0) is 0 Å². The summed E-state index contributed by atoms with van der Waals surface area (Å²) in [4.78, 5) is 37.6. The fourth-order valence-electron chi connectivity index (χ4n) is 3.21. The Kier molecular flexibility index (Phi) is 3.76. The Labute approximate surface area is 147 Å². The lowest BCUT2D eigenvalue weighted by atomic mass is 10.1. The highest BCUT2D eigenvalue weighted by molar-refractivity contribution is 6.06. The first-order chi connectivity index (χ1) is 12.5. The van der Waals surface area contributed by atoms with Gasteiger partial charge >= 0.3 is 0 Å². The van der Waals surface area contributed by atoms with E-state index in [9.17, 15) is 19.7 Å². The lowest BCUT2D eigenvalue weighted by molar-refractivity contribution is -0.384. The fourth-order valence-corrected chi connectivity index (χ4v) is 3.21. The first kappa shape index (κ1) is 16.0. The molecule has 130 valence electrons. The van der Waals surface area contributed by atoms with Crippen LogP contribution in [0.3, 0.4) is 0 Å². The van der Waals surface area contributed by atoms with Crippen LogP contribution >= 0.6 is 0 Å². The molecule has 4 rings (SSSR count). The molecule has 1 fully saturated rings. The number of pyridine rings is 1. The van der Waals surface area contributed by atoms with Crippen molar-refractivity contribution in [3.63, 3.8) is 0 Å². The number of hydrogen-bond donors (Lipinski definition) is 2. The molecule has 0 radical (unpaired) electrons. The zero-order chi connectivity index (χ0) is 18.3. The SMILES string of the molecule is O=C(N[C@@H]1C[C@@H]1c1ccccc1)c1cc(=O)[nH]c2ccc([N+](=O)[O-])cc12. The summed E-state index contributed by atoms with van der Waals surface area (Å²) in [5.74, 6) is -0.146. The first-order valence-electron chi connectivity index (χ1n) is 8.20. The van der Waals surface area contributed by atoms with E-state index in [1.807, 2.05) is 30.3 Å². The summed E-state index contributed by atoms with van der Waals surface area (Å²) in [5.41, 5.74) is 1.14. The molecule has 7 nitrogen and oxygen atoms in total. The van der Waals surface area contributed by atoms with E-state index in [1.54, 1.807) is 0 Å². The minimum atomic E-state index is -0.529. The summed E-state index contributed by atoms with van der Waals surface area (Å²) in [6.45, 7) is 0. The number of fused-ring (bicyclic) bond motifs is 1. The van der Waals surface area contributed by atoms with Crippen LogP contribution in [0, 0.1) is 10.1 Å². The number of carbonyl (C=O) groups excluding carboxylic acids is 1. The molecule has 1 aromatic heterocycles. The number of nitro groups is 1. The Balaban J connectivity index is 1.63. The van der Waals surface area contributed by atoms with Gasteiger partial charge in [0, 0.05) is 41.1 Å². The van der Waals surface area contributed by atoms with Gasteiger partial charge in [-0.25, -0.2) is 0 Å². The normalized spacial score (nSPS) is 18.5. The predicted molar refractivity (Wildman–Crippen MR) is 96.3 cm³/mol. The van der Waals surface area contributed by atoms with Crippen molar-refractivity contribution in [2.45, 2.75) is 18.4 Å². The Morgan fingerprint density at radius 3 is 2.65 bits per heavy atom. The zero-order valence-electron chi connectivity index (χ0n) is 13.6. The van der Waals surface area contributed by atoms with E-state index in [2.05, 4.69) is 10.3 Å². The monoisotopic (exact) mass is 349 g/mol. The van der Waals surface area contributed by atoms with Gasteiger partial charge in [0.15, 0.2) is 0 Å². The van der Waals surface area contributed by atoms with E-state index in [0.29, 0.717) is 10.9 Å². The summed E-state index contributed by atoms with van der Waals surface area (Å²) < 4.78 is 0. The molecule has 7 heteroatoms. The number of carbonyl (C=O) groups is 1. The van der Waals surface area contributed by atoms with E-state index >= 15 is 0 Å². The molecule has 3 aromatic rings. The highest BCUT2D eigenvalue weighted by Crippen LogP contribution is 2.40. The highest BCUT2D eigenvalue weighted by Gasteiger charge is 2.39. The van der Waals surface area contributed by atoms with Crippen molar-refractivity contribution >= 4 is 22.5 Å². The molecular formula is C19H15N3O4. The molecule has 2 atom stereocenters. The maximum Gasteiger partial charge on any atom is 0.270 e. The van der Waals surface area contributed by atoms with Crippen LogP contribution in [-0.4, -0.2) is 21.9 Å². The second-order valence-electron chi connectivity index (χ2n) is 6.37. The van der Waals surface area contributed by atoms with Gasteiger partial charge in [0.25, 0.3) is 11.6 Å². The highest BCUT2D eigenvalue weighted by atomic mass is 16.6. The molecular weight excluding hydrogens is 334 g/mol. The summed E-state index contributed by atoms with van der Waals surface area (Å²) in [7, 11) is 0. The molecule has 0 bridgehead atoms. The molecule has 1 saturated carbocycles. The van der Waals surface area contributed by atoms with E-state index in [0.717, 1.165) is 12.0 Å². The summed E-state index contributed by atoms with van der Waals surface area (Å²) in [6.07, 6.45) is 0.830. The first-order valence-corrected chi connectivity index (χ1v) is 8.20. The zero-order valence-corrected chi connectivity index (χ0v) is 13.6. The van der Waals surface area contributed by atoms with Gasteiger partial charge in [0.1, 0.15) is 0 Å². The van der Waals surface area contributed by atoms with Gasteiger partial charge in [-0.2, -0.15) is 0 Å². The number of aromatic nitrogens is 1. The lowest BCUT2D eigenvalue weighted by Gasteiger charge is -2.08. The number of nitro benzene ring substituents is 1. The molecule has 0 unspecified atom stereocenters. The number of nitrogens with zero attached hydrogens (tertiary/aromatic N) is 1. The van der Waals surface area contributed by atoms with Crippen LogP contribution in [0.25, 0.3) is 10.9 Å². The molecule has 1 aliphatic carbocycles. The van der Waals surface area contributed by atoms with Crippen molar-refractivity contribution in [2.24, 2.45) is 0 Å². The fraction of sp³-hybridized carbons (Fsp3) is 0.158. The van der Waals surface area contributed by atoms with Crippen molar-refractivity contribution in [3.8, 4) is 0 Å². The summed E-state index contributed by atoms with van der Waals surface area (Å²) in [5, 5.41) is 14.3. The van der Waals surface area contributed by atoms with Gasteiger partial charge < -0.3 is 10.3 Å². The van der Waals surface area contributed by atoms with Crippen molar-refractivity contribution < 1.29 is 9.72 Å². The quantitative estimate of drug-likeness (QED) is 0.558. The number of benzene rings is 2. The number of hydrogen-bond acceptors (Lipinski definition) is 4. The Bertz CT molecular complexity index is 1080. The Morgan fingerprint density at radius 2 is 1.92 bits per heavy atom. The largest absolute Gasteiger partial charge is 0.349 e. The number of nitrogens with one attached hydrogen (secondary N) is 2. The number of non-ortho nitro benzene ring substituents is 1. The van der Waals surface area contributed by atoms with Crippen LogP contribution < -0.4 is 10.9 Å². The Morgan fingerprint density at radius 1 is 1.15 bits per heavy atom. The average molecular weight is 349 g/mol. The minimum Gasteiger partial charge on any atom is -0.349 e. The number of rotatable bonds is 4. The van der Waals surface area contributed by atoms with Crippen LogP contribution in [0.4, 0.5) is 5.69 Å². The summed E-state index contributed by atoms with van der Waals surface area (Å²) >= 11 is 0. The van der Waals surface area contributed by atoms with Crippen LogP contribution in [0.15, 0.2) is 59.4 Å². The van der Waals surface area contributed by atoms with Gasteiger partial charge in [-0.1, -0.05) is 30.3 Å². The standard InChI is InChI=1S/C19H15N3O4/c23-18-10-15(14-8-12(22(25)26)6-7-16(14)20-18)19(24)21-17-9-13(17)11-4-2-1-3-5-11/h1-8,10,13,17H,9H2,(H,20,23)(H,21,24)/t13-,17-/m1/s1. The molecule has 2 N–H and O–H groups in total. The molecule has 1 amide bonds. The second kappa shape index (κ2) is 6.11. The maximum atomic E-state index is 12.7. The third-order valence-corrected chi connectivity index (χ3v) is 4.62. The Hall–Kier alpha value is -3.48. The maximum absolute atomic E-state index is 12.7. The molecule has 26 heavy (non-hydrogen) atoms. The van der Waals surface area contributed by atoms with Gasteiger partial charge in [-0.3, -0.25) is 19.7 Å². The molecule has 0 aliphatic heterocycles. The third kappa shape index (κ3) is 2.95. The van der Waals surface area contributed by atoms with E-state index < -0.39 is 16.4 Å². The van der Waals surface area contributed by atoms with Crippen molar-refractivity contribution in [3.05, 3.63) is 86.2 Å². The number of amides is 1. The third-order valence-electron chi connectivity index (χ3n) is 4.62. The van der Waals surface area contributed by atoms with Gasteiger partial charge in [-0.15, -0.1) is 0 Å². The van der Waals surface area contributed by atoms with Crippen molar-refractivity contribution in [1.82, 2.24) is 10.3 Å². The van der Waals surface area contributed by atoms with Gasteiger partial charge in [-0.05, 0) is 18.1 Å². The molecule has 1 aliphatic rings. The molecule has 0 saturated heterocycles. The predicted octanol–water partition coefficient (Wildman–Crippen LogP) is 2.72. The van der Waals surface area contributed by atoms with E-state index in [-0.39, 0.29) is 23.2 Å². The summed E-state index contributed by atoms with van der Waals surface area (Å²) in [6, 6.07) is 15.1. The average Bonchev–Trinajstić information content (AvgIpc) is 3.40. The van der Waals surface area contributed by atoms with Crippen molar-refractivity contribution in [2.75, 3.05) is 0 Å². The van der Waals surface area contributed by atoms with Gasteiger partial charge in [0.05, 0.1) is 10.5 Å². The topological polar surface area (TPSA) is 105 Å². The molecule has 2 aromatic carbocycles. The lowest BCUT2D eigenvalue weighted by Crippen LogP contribution is -2.28. The smallest absolute Gasteiger partial charge is 0.270 e. The van der Waals surface area contributed by atoms with Crippen LogP contribution in [0.5, 0.6) is 0 Å². The van der Waals surface area contributed by atoms with Crippen LogP contribution in [0.1, 0.15) is 28.3 Å². The minimum absolute atomic E-state index is 0.00191. The molecule has 1 heterocycles. The number of H-pyrrole nitrogens is 1. The number of aromatic amines is 1. The van der Waals surface area contributed by atoms with Gasteiger partial charge in [0.2, 0.25) is 5.56 Å². The second-order valence-corrected chi connectivity index (χ2v) is 6.37. The van der Waals surface area contributed by atoms with Crippen molar-refractivity contribution in [1.29, 1.82) is 0 Å². The van der Waals surface area contributed by atoms with E-state index in [4.69, 9.17) is 0 Å².